The second kappa shape index (κ2) is 10.8. The van der Waals surface area contributed by atoms with Crippen molar-refractivity contribution in [1.29, 1.82) is 0 Å². The molecule has 3 saturated heterocycles. The molecule has 0 spiro atoms. The zero-order valence-corrected chi connectivity index (χ0v) is 19.0. The summed E-state index contributed by atoms with van der Waals surface area (Å²) in [6.45, 7) is 1.81. The molecule has 8 N–H and O–H groups in total. The number of carbonyl (C=O) groups is 1. The van der Waals surface area contributed by atoms with Crippen molar-refractivity contribution in [2.24, 2.45) is 5.92 Å². The van der Waals surface area contributed by atoms with Crippen molar-refractivity contribution in [3.63, 3.8) is 0 Å². The van der Waals surface area contributed by atoms with Gasteiger partial charge in [-0.1, -0.05) is 0 Å². The van der Waals surface area contributed by atoms with Gasteiger partial charge in [-0.15, -0.1) is 0 Å². The molecule has 1 saturated carbocycles. The summed E-state index contributed by atoms with van der Waals surface area (Å²) < 4.78 is 15.1. The van der Waals surface area contributed by atoms with Gasteiger partial charge in [-0.2, -0.15) is 0 Å². The highest BCUT2D eigenvalue weighted by Crippen LogP contribution is 2.39. The van der Waals surface area contributed by atoms with Crippen LogP contribution in [-0.4, -0.2) is 156 Å². The largest absolute Gasteiger partial charge is 0.396 e. The standard InChI is InChI=1S/C7H11BO4.C6H9BO4.C6H11BO4/c1-7(12)5(8)4(10)3(2-9)6(7)11;7-5-3-4(9)6(1-8,11-5)2-10-3;1-6(10)3(2-8)11-5(7)4(6)9/h3,5-6,9,11-12H,2H2,1H3;3-5,8-9H,1-2H2;3-5,8-10H,2H2,1H3/t3-,5+,6+,7-;2*3-,4+,5-,6+/m011/s1. The van der Waals surface area contributed by atoms with E-state index in [0.29, 0.717) is 0 Å². The van der Waals surface area contributed by atoms with E-state index in [0.717, 1.165) is 0 Å². The van der Waals surface area contributed by atoms with E-state index in [2.05, 4.69) is 0 Å². The summed E-state index contributed by atoms with van der Waals surface area (Å²) in [7, 11) is 16.1. The van der Waals surface area contributed by atoms with Crippen LogP contribution in [0.1, 0.15) is 13.8 Å². The van der Waals surface area contributed by atoms with Crippen LogP contribution >= 0.6 is 0 Å². The molecule has 0 aromatic carbocycles. The number of carbonyl (C=O) groups excluding carboxylic acids is 1. The van der Waals surface area contributed by atoms with Crippen LogP contribution in [0.4, 0.5) is 0 Å². The first-order chi connectivity index (χ1) is 15.6. The van der Waals surface area contributed by atoms with Gasteiger partial charge >= 0.3 is 0 Å². The maximum Gasteiger partial charge on any atom is 0.142 e. The third kappa shape index (κ3) is 5.11. The Bertz CT molecular complexity index is 710. The zero-order chi connectivity index (χ0) is 26.2. The molecular weight excluding hydrogens is 453 g/mol. The van der Waals surface area contributed by atoms with E-state index in [1.54, 1.807) is 0 Å². The van der Waals surface area contributed by atoms with E-state index in [1.165, 1.54) is 13.8 Å². The van der Waals surface area contributed by atoms with Gasteiger partial charge in [-0.25, -0.2) is 0 Å². The smallest absolute Gasteiger partial charge is 0.142 e. The number of aliphatic hydroxyl groups excluding tert-OH is 6. The fraction of sp³-hybridized carbons (Fsp3) is 0.947. The molecule has 12 nitrogen and oxygen atoms in total. The first-order valence-electron chi connectivity index (χ1n) is 10.7. The summed E-state index contributed by atoms with van der Waals surface area (Å²) in [5.74, 6) is -2.55. The summed E-state index contributed by atoms with van der Waals surface area (Å²) in [6.07, 6.45) is -4.47. The molecular formula is C19H31B3O12. The lowest BCUT2D eigenvalue weighted by Gasteiger charge is -2.27. The van der Waals surface area contributed by atoms with Gasteiger partial charge in [-0.05, 0) is 13.8 Å². The molecule has 4 fully saturated rings. The highest BCUT2D eigenvalue weighted by Gasteiger charge is 2.59. The van der Waals surface area contributed by atoms with Crippen LogP contribution in [0.25, 0.3) is 0 Å². The van der Waals surface area contributed by atoms with Crippen LogP contribution < -0.4 is 0 Å². The topological polar surface area (TPSA) is 207 Å². The molecule has 15 heteroatoms. The Kier molecular flexibility index (Phi) is 9.43. The lowest BCUT2D eigenvalue weighted by Crippen LogP contribution is -2.46. The van der Waals surface area contributed by atoms with Crippen LogP contribution in [0, 0.1) is 5.92 Å². The molecule has 0 aromatic rings. The van der Waals surface area contributed by atoms with Crippen LogP contribution in [0.5, 0.6) is 0 Å². The molecule has 188 valence electrons. The Morgan fingerprint density at radius 2 is 1.50 bits per heavy atom. The number of aliphatic hydroxyl groups is 8. The maximum atomic E-state index is 11.2. The third-order valence-electron chi connectivity index (χ3n) is 6.86. The van der Waals surface area contributed by atoms with Crippen molar-refractivity contribution in [1.82, 2.24) is 0 Å². The first-order valence-corrected chi connectivity index (χ1v) is 10.7. The summed E-state index contributed by atoms with van der Waals surface area (Å²) in [4.78, 5) is 11.2. The molecule has 0 unspecified atom stereocenters. The van der Waals surface area contributed by atoms with Crippen molar-refractivity contribution < 1.29 is 59.9 Å². The van der Waals surface area contributed by atoms with Gasteiger partial charge in [0.2, 0.25) is 0 Å². The van der Waals surface area contributed by atoms with Crippen molar-refractivity contribution >= 4 is 29.3 Å². The monoisotopic (exact) mass is 484 g/mol. The van der Waals surface area contributed by atoms with E-state index < -0.39 is 83.5 Å². The highest BCUT2D eigenvalue weighted by molar-refractivity contribution is 6.26. The van der Waals surface area contributed by atoms with Crippen molar-refractivity contribution in [2.45, 2.75) is 79.0 Å². The van der Waals surface area contributed by atoms with Crippen LogP contribution in [-0.2, 0) is 19.0 Å². The lowest BCUT2D eigenvalue weighted by molar-refractivity contribution is -0.136. The van der Waals surface area contributed by atoms with E-state index >= 15 is 0 Å². The first kappa shape index (κ1) is 29.7. The number of ether oxygens (including phenoxy) is 3. The van der Waals surface area contributed by atoms with Crippen molar-refractivity contribution in [2.75, 3.05) is 26.4 Å². The van der Waals surface area contributed by atoms with E-state index in [-0.39, 0.29) is 19.8 Å². The normalized spacial score (nSPS) is 51.6. The molecule has 2 bridgehead atoms. The molecule has 4 aliphatic rings. The number of fused-ring (bicyclic) bond motifs is 2. The number of ketones is 1. The van der Waals surface area contributed by atoms with Gasteiger partial charge < -0.3 is 55.1 Å². The second-order valence-corrected chi connectivity index (χ2v) is 9.31. The van der Waals surface area contributed by atoms with Gasteiger partial charge in [0.15, 0.2) is 0 Å². The van der Waals surface area contributed by atoms with E-state index in [4.69, 9.17) is 53.1 Å². The average molecular weight is 484 g/mol. The number of hydrogen-bond acceptors (Lipinski definition) is 12. The molecule has 0 amide bonds. The van der Waals surface area contributed by atoms with Crippen LogP contribution in [0.2, 0.25) is 5.82 Å². The van der Waals surface area contributed by atoms with Gasteiger partial charge in [0.1, 0.15) is 57.1 Å². The van der Waals surface area contributed by atoms with E-state index in [1.807, 2.05) is 0 Å². The van der Waals surface area contributed by atoms with Crippen LogP contribution in [0.15, 0.2) is 0 Å². The van der Waals surface area contributed by atoms with Crippen LogP contribution in [0.3, 0.4) is 0 Å². The van der Waals surface area contributed by atoms with Gasteiger partial charge in [0.05, 0.1) is 51.9 Å². The zero-order valence-electron chi connectivity index (χ0n) is 19.0. The summed E-state index contributed by atoms with van der Waals surface area (Å²) >= 11 is 0. The quantitative estimate of drug-likeness (QED) is 0.177. The van der Waals surface area contributed by atoms with Crippen molar-refractivity contribution in [3.05, 3.63) is 0 Å². The average Bonchev–Trinajstić information content (AvgIpc) is 3.36. The Morgan fingerprint density at radius 1 is 0.912 bits per heavy atom. The lowest BCUT2D eigenvalue weighted by atomic mass is 9.75. The third-order valence-corrected chi connectivity index (χ3v) is 6.86. The van der Waals surface area contributed by atoms with Gasteiger partial charge in [0, 0.05) is 17.8 Å². The number of Topliss-reactive ketones (excluding diaryl/α,β-unsaturated/α-hetero) is 1. The molecule has 1 aliphatic carbocycles. The minimum Gasteiger partial charge on any atom is -0.396 e. The minimum atomic E-state index is -1.62. The molecule has 0 aromatic heterocycles. The summed E-state index contributed by atoms with van der Waals surface area (Å²) in [6, 6.07) is -1.52. The van der Waals surface area contributed by atoms with Gasteiger partial charge in [-0.3, -0.25) is 4.79 Å². The predicted octanol–water partition coefficient (Wildman–Crippen LogP) is -5.77. The second-order valence-electron chi connectivity index (χ2n) is 9.31. The number of hydrogen-bond donors (Lipinski definition) is 8. The molecule has 6 radical (unpaired) electrons. The fourth-order valence-electron chi connectivity index (χ4n) is 4.21. The fourth-order valence-corrected chi connectivity index (χ4v) is 4.21. The van der Waals surface area contributed by atoms with Crippen molar-refractivity contribution in [3.8, 4) is 0 Å². The van der Waals surface area contributed by atoms with E-state index in [9.17, 15) is 30.3 Å². The summed E-state index contributed by atoms with van der Waals surface area (Å²) in [5.41, 5.74) is -4.03. The highest BCUT2D eigenvalue weighted by atomic mass is 16.6. The van der Waals surface area contributed by atoms with Gasteiger partial charge in [0.25, 0.3) is 0 Å². The Hall–Kier alpha value is -0.575. The maximum absolute atomic E-state index is 11.2. The SMILES string of the molecule is [B][C@@H]1C(=O)[C@H](CO)[C@@H](O)[C@@]1(C)O.[B][C@@H]1O[C@@]2(CO)CO[C@@H]1[C@@H]2O.[B][C@@H]1O[C@H](CO)[C@](C)(O)[C@H]1O. The summed E-state index contributed by atoms with van der Waals surface area (Å²) in [5, 5.41) is 73.3. The Labute approximate surface area is 201 Å². The molecule has 3 aliphatic heterocycles. The minimum absolute atomic E-state index is 0.225. The Balaban J connectivity index is 0.000000180. The Morgan fingerprint density at radius 3 is 1.71 bits per heavy atom. The molecule has 3 heterocycles. The number of rotatable bonds is 3. The molecule has 4 rings (SSSR count). The molecule has 12 atom stereocenters. The predicted molar refractivity (Wildman–Crippen MR) is 116 cm³/mol. The molecule has 34 heavy (non-hydrogen) atoms.